The van der Waals surface area contributed by atoms with Crippen LogP contribution in [0.1, 0.15) is 38.7 Å². The molecular weight excluding hydrogens is 260 g/mol. The standard InChI is InChI=1S/C18H28N2O/c1-18(2,17(21)19(3)4)16-12-8-9-13-20(16)14-15-10-6-5-7-11-15/h5-7,10-11,16H,8-9,12-14H2,1-4H3. The number of piperidine rings is 1. The highest BCUT2D eigenvalue weighted by Crippen LogP contribution is 2.34. The van der Waals surface area contributed by atoms with Gasteiger partial charge in [-0.05, 0) is 38.8 Å². The van der Waals surface area contributed by atoms with Crippen LogP contribution < -0.4 is 0 Å². The lowest BCUT2D eigenvalue weighted by Gasteiger charge is -2.45. The van der Waals surface area contributed by atoms with Gasteiger partial charge in [0.05, 0.1) is 5.41 Å². The zero-order chi connectivity index (χ0) is 15.5. The molecule has 1 aliphatic rings. The van der Waals surface area contributed by atoms with Crippen LogP contribution in [-0.2, 0) is 11.3 Å². The van der Waals surface area contributed by atoms with Gasteiger partial charge in [-0.1, -0.05) is 36.8 Å². The molecule has 3 nitrogen and oxygen atoms in total. The van der Waals surface area contributed by atoms with Gasteiger partial charge in [0, 0.05) is 26.7 Å². The van der Waals surface area contributed by atoms with Gasteiger partial charge in [-0.3, -0.25) is 9.69 Å². The summed E-state index contributed by atoms with van der Waals surface area (Å²) in [5, 5.41) is 0. The van der Waals surface area contributed by atoms with E-state index in [9.17, 15) is 4.79 Å². The quantitative estimate of drug-likeness (QED) is 0.849. The first-order valence-electron chi connectivity index (χ1n) is 7.92. The molecule has 0 N–H and O–H groups in total. The van der Waals surface area contributed by atoms with Crippen molar-refractivity contribution in [2.24, 2.45) is 5.41 Å². The summed E-state index contributed by atoms with van der Waals surface area (Å²) < 4.78 is 0. The summed E-state index contributed by atoms with van der Waals surface area (Å²) in [4.78, 5) is 16.8. The highest BCUT2D eigenvalue weighted by molar-refractivity contribution is 5.82. The molecule has 1 aliphatic heterocycles. The molecule has 1 saturated heterocycles. The van der Waals surface area contributed by atoms with Crippen molar-refractivity contribution in [1.82, 2.24) is 9.80 Å². The molecule has 1 aromatic rings. The van der Waals surface area contributed by atoms with E-state index in [1.165, 1.54) is 18.4 Å². The molecule has 21 heavy (non-hydrogen) atoms. The molecule has 2 rings (SSSR count). The summed E-state index contributed by atoms with van der Waals surface area (Å²) in [6.45, 7) is 6.23. The fourth-order valence-electron chi connectivity index (χ4n) is 3.53. The Morgan fingerprint density at radius 2 is 1.90 bits per heavy atom. The SMILES string of the molecule is CN(C)C(=O)C(C)(C)C1CCCCN1Cc1ccccc1. The second-order valence-corrected chi connectivity index (χ2v) is 6.89. The Hall–Kier alpha value is -1.35. The zero-order valence-electron chi connectivity index (χ0n) is 13.8. The molecule has 3 heteroatoms. The van der Waals surface area contributed by atoms with Gasteiger partial charge in [-0.25, -0.2) is 0 Å². The third kappa shape index (κ3) is 3.65. The van der Waals surface area contributed by atoms with E-state index in [2.05, 4.69) is 49.1 Å². The number of rotatable bonds is 4. The summed E-state index contributed by atoms with van der Waals surface area (Å²) in [7, 11) is 3.71. The van der Waals surface area contributed by atoms with Gasteiger partial charge in [-0.2, -0.15) is 0 Å². The predicted molar refractivity (Wildman–Crippen MR) is 87.0 cm³/mol. The smallest absolute Gasteiger partial charge is 0.229 e. The predicted octanol–water partition coefficient (Wildman–Crippen LogP) is 3.16. The van der Waals surface area contributed by atoms with Gasteiger partial charge < -0.3 is 4.90 Å². The Kier molecular flexibility index (Phi) is 5.04. The second-order valence-electron chi connectivity index (χ2n) is 6.89. The van der Waals surface area contributed by atoms with Crippen LogP contribution in [0.25, 0.3) is 0 Å². The van der Waals surface area contributed by atoms with E-state index in [-0.39, 0.29) is 11.3 Å². The van der Waals surface area contributed by atoms with Crippen molar-refractivity contribution in [1.29, 1.82) is 0 Å². The van der Waals surface area contributed by atoms with Crippen LogP contribution in [0.2, 0.25) is 0 Å². The molecule has 1 fully saturated rings. The van der Waals surface area contributed by atoms with E-state index in [4.69, 9.17) is 0 Å². The number of nitrogens with zero attached hydrogens (tertiary/aromatic N) is 2. The third-order valence-corrected chi connectivity index (χ3v) is 4.63. The highest BCUT2D eigenvalue weighted by atomic mass is 16.2. The summed E-state index contributed by atoms with van der Waals surface area (Å²) in [6.07, 6.45) is 3.56. The Morgan fingerprint density at radius 3 is 2.52 bits per heavy atom. The van der Waals surface area contributed by atoms with Crippen molar-refractivity contribution in [2.75, 3.05) is 20.6 Å². The minimum Gasteiger partial charge on any atom is -0.348 e. The normalized spacial score (nSPS) is 20.3. The highest BCUT2D eigenvalue weighted by Gasteiger charge is 2.41. The number of hydrogen-bond acceptors (Lipinski definition) is 2. The van der Waals surface area contributed by atoms with Crippen LogP contribution in [0.15, 0.2) is 30.3 Å². The fourth-order valence-corrected chi connectivity index (χ4v) is 3.53. The lowest BCUT2D eigenvalue weighted by atomic mass is 9.77. The molecule has 0 radical (unpaired) electrons. The maximum absolute atomic E-state index is 12.6. The van der Waals surface area contributed by atoms with Crippen LogP contribution in [0.3, 0.4) is 0 Å². The van der Waals surface area contributed by atoms with Gasteiger partial charge in [0.15, 0.2) is 0 Å². The number of carbonyl (C=O) groups excluding carboxylic acids is 1. The zero-order valence-corrected chi connectivity index (χ0v) is 13.8. The largest absolute Gasteiger partial charge is 0.348 e. The number of hydrogen-bond donors (Lipinski definition) is 0. The van der Waals surface area contributed by atoms with Gasteiger partial charge in [0.2, 0.25) is 5.91 Å². The summed E-state index contributed by atoms with van der Waals surface area (Å²) in [6, 6.07) is 10.9. The second kappa shape index (κ2) is 6.61. The summed E-state index contributed by atoms with van der Waals surface area (Å²) in [5.41, 5.74) is 0.996. The molecule has 1 atom stereocenters. The molecule has 0 bridgehead atoms. The van der Waals surface area contributed by atoms with Crippen molar-refractivity contribution in [2.45, 2.75) is 45.7 Å². The van der Waals surface area contributed by atoms with E-state index in [1.54, 1.807) is 4.90 Å². The van der Waals surface area contributed by atoms with Crippen molar-refractivity contribution in [3.05, 3.63) is 35.9 Å². The summed E-state index contributed by atoms with van der Waals surface area (Å²) >= 11 is 0. The minimum absolute atomic E-state index is 0.229. The fraction of sp³-hybridized carbons (Fsp3) is 0.611. The van der Waals surface area contributed by atoms with Crippen molar-refractivity contribution in [3.63, 3.8) is 0 Å². The molecule has 116 valence electrons. The molecule has 1 heterocycles. The number of likely N-dealkylation sites (tertiary alicyclic amines) is 1. The first-order chi connectivity index (χ1) is 9.93. The molecule has 0 spiro atoms. The first kappa shape index (κ1) is 16.0. The number of carbonyl (C=O) groups is 1. The average molecular weight is 288 g/mol. The molecular formula is C18H28N2O. The first-order valence-corrected chi connectivity index (χ1v) is 7.92. The Morgan fingerprint density at radius 1 is 1.24 bits per heavy atom. The molecule has 0 aromatic heterocycles. The third-order valence-electron chi connectivity index (χ3n) is 4.63. The van der Waals surface area contributed by atoms with Crippen molar-refractivity contribution < 1.29 is 4.79 Å². The Labute approximate surface area is 128 Å². The molecule has 1 amide bonds. The van der Waals surface area contributed by atoms with Gasteiger partial charge in [0.25, 0.3) is 0 Å². The van der Waals surface area contributed by atoms with Crippen LogP contribution >= 0.6 is 0 Å². The van der Waals surface area contributed by atoms with Crippen molar-refractivity contribution >= 4 is 5.91 Å². The van der Waals surface area contributed by atoms with Gasteiger partial charge >= 0.3 is 0 Å². The van der Waals surface area contributed by atoms with Crippen LogP contribution in [0.4, 0.5) is 0 Å². The van der Waals surface area contributed by atoms with Crippen LogP contribution in [0, 0.1) is 5.41 Å². The summed E-state index contributed by atoms with van der Waals surface area (Å²) in [5.74, 6) is 0.229. The van der Waals surface area contributed by atoms with E-state index in [1.807, 2.05) is 14.1 Å². The molecule has 0 aliphatic carbocycles. The van der Waals surface area contributed by atoms with E-state index < -0.39 is 0 Å². The van der Waals surface area contributed by atoms with E-state index in [0.29, 0.717) is 6.04 Å². The van der Waals surface area contributed by atoms with Gasteiger partial charge in [-0.15, -0.1) is 0 Å². The van der Waals surface area contributed by atoms with Gasteiger partial charge in [0.1, 0.15) is 0 Å². The maximum Gasteiger partial charge on any atom is 0.229 e. The monoisotopic (exact) mass is 288 g/mol. The molecule has 0 saturated carbocycles. The minimum atomic E-state index is -0.335. The maximum atomic E-state index is 12.6. The van der Waals surface area contributed by atoms with Crippen molar-refractivity contribution in [3.8, 4) is 0 Å². The lowest BCUT2D eigenvalue weighted by Crippen LogP contribution is -2.53. The van der Waals surface area contributed by atoms with E-state index >= 15 is 0 Å². The number of benzene rings is 1. The lowest BCUT2D eigenvalue weighted by molar-refractivity contribution is -0.142. The Balaban J connectivity index is 2.17. The molecule has 1 unspecified atom stereocenters. The Bertz CT molecular complexity index is 467. The van der Waals surface area contributed by atoms with Crippen LogP contribution in [-0.4, -0.2) is 42.4 Å². The molecule has 1 aromatic carbocycles. The number of amides is 1. The van der Waals surface area contributed by atoms with E-state index in [0.717, 1.165) is 19.5 Å². The topological polar surface area (TPSA) is 23.6 Å². The van der Waals surface area contributed by atoms with Crippen LogP contribution in [0.5, 0.6) is 0 Å². The average Bonchev–Trinajstić information content (AvgIpc) is 2.47.